The molecule has 0 bridgehead atoms. The molecule has 0 fully saturated rings. The van der Waals surface area contributed by atoms with Gasteiger partial charge in [-0.25, -0.2) is 0 Å². The van der Waals surface area contributed by atoms with E-state index >= 15 is 0 Å². The first-order valence-corrected chi connectivity index (χ1v) is 27.1. The summed E-state index contributed by atoms with van der Waals surface area (Å²) < 4.78 is 1.44. The number of hydrogen-bond acceptors (Lipinski definition) is 0. The van der Waals surface area contributed by atoms with E-state index in [1.165, 1.54) is 77.9 Å². The van der Waals surface area contributed by atoms with E-state index in [1.807, 2.05) is 0 Å². The summed E-state index contributed by atoms with van der Waals surface area (Å²) in [5.41, 5.74) is 15.3. The van der Waals surface area contributed by atoms with E-state index in [0.29, 0.717) is 0 Å². The molecule has 2 aliphatic rings. The first kappa shape index (κ1) is 38.5. The molecule has 46 heavy (non-hydrogen) atoms. The molecule has 0 N–H and O–H groups in total. The minimum absolute atomic E-state index is 0. The molecule has 2 unspecified atom stereocenters. The summed E-state index contributed by atoms with van der Waals surface area (Å²) in [7, 11) is 0. The van der Waals surface area contributed by atoms with Gasteiger partial charge in [0.2, 0.25) is 0 Å². The Morgan fingerprint density at radius 2 is 0.935 bits per heavy atom. The van der Waals surface area contributed by atoms with Crippen molar-refractivity contribution >= 4 is 18.8 Å². The number of unbranched alkanes of at least 4 members (excludes halogenated alkanes) is 3. The van der Waals surface area contributed by atoms with Crippen molar-refractivity contribution in [2.24, 2.45) is 0 Å². The Labute approximate surface area is 301 Å². The Kier molecular flexibility index (Phi) is 16.0. The number of allylic oxidation sites excluding steroid dienone is 2. The molecule has 0 spiro atoms. The zero-order valence-electron chi connectivity index (χ0n) is 28.5. The van der Waals surface area contributed by atoms with Crippen LogP contribution in [0.2, 0.25) is 6.04 Å². The van der Waals surface area contributed by atoms with Gasteiger partial charge in [-0.3, -0.25) is 0 Å². The number of hydrogen-bond donors (Lipinski definition) is 0. The van der Waals surface area contributed by atoms with Crippen LogP contribution >= 0.6 is 0 Å². The number of halogens is 2. The topological polar surface area (TPSA) is 0 Å². The molecule has 6 rings (SSSR count). The maximum Gasteiger partial charge on any atom is -1.00 e. The third-order valence-electron chi connectivity index (χ3n) is 9.53. The maximum absolute atomic E-state index is 2.61. The fourth-order valence-corrected chi connectivity index (χ4v) is 30.5. The molecule has 0 aliphatic heterocycles. The van der Waals surface area contributed by atoms with E-state index in [2.05, 4.69) is 144 Å². The minimum atomic E-state index is -1.97. The number of rotatable bonds is 11. The van der Waals surface area contributed by atoms with Crippen molar-refractivity contribution in [2.75, 3.05) is 0 Å². The standard InChI is InChI=1S/2C17H15.C6H14.C2H7Si.2ClH.Zr/c2*1-2-13-11-15-9-6-10-16(17(15)12-13)14-7-4-3-5-8-14;1-3-5-6-4-2;1-2-3;;;/h2*3-12H,2H2,1H3;3-6H2,1-2H3;2-3H2,1H3;2*1H;/q;;;;;;+2/p-2. The molecular formula is C42H51Cl2SiZr. The molecule has 0 saturated carbocycles. The minimum Gasteiger partial charge on any atom is -1.00 e. The predicted molar refractivity (Wildman–Crippen MR) is 195 cm³/mol. The third kappa shape index (κ3) is 8.36. The first-order valence-electron chi connectivity index (χ1n) is 17.3. The molecule has 0 saturated heterocycles. The summed E-state index contributed by atoms with van der Waals surface area (Å²) >= 11 is -1.97. The second-order valence-electron chi connectivity index (χ2n) is 12.4. The zero-order valence-corrected chi connectivity index (χ0v) is 33.8. The van der Waals surface area contributed by atoms with Crippen LogP contribution in [0, 0.1) is 0 Å². The normalized spacial score (nSPS) is 15.9. The van der Waals surface area contributed by atoms with E-state index in [0.717, 1.165) is 7.25 Å². The van der Waals surface area contributed by atoms with Crippen molar-refractivity contribution < 1.29 is 45.7 Å². The molecule has 0 aromatic heterocycles. The quantitative estimate of drug-likeness (QED) is 0.128. The third-order valence-corrected chi connectivity index (χ3v) is 30.4. The van der Waals surface area contributed by atoms with E-state index in [9.17, 15) is 0 Å². The first-order chi connectivity index (χ1) is 21.7. The van der Waals surface area contributed by atoms with Crippen molar-refractivity contribution in [3.8, 4) is 22.3 Å². The van der Waals surface area contributed by atoms with E-state index < -0.39 is 20.9 Å². The summed E-state index contributed by atoms with van der Waals surface area (Å²) in [4.78, 5) is 0. The number of fused-ring (bicyclic) bond motifs is 2. The van der Waals surface area contributed by atoms with Crippen molar-refractivity contribution in [2.45, 2.75) is 86.4 Å². The summed E-state index contributed by atoms with van der Waals surface area (Å²) in [6, 6.07) is 37.8. The molecule has 4 aromatic carbocycles. The summed E-state index contributed by atoms with van der Waals surface area (Å²) in [6.07, 6.45) is 13.1. The molecule has 0 amide bonds. The summed E-state index contributed by atoms with van der Waals surface area (Å²) in [6.45, 7) is 11.6. The van der Waals surface area contributed by atoms with Crippen LogP contribution in [-0.2, 0) is 20.9 Å². The van der Waals surface area contributed by atoms with E-state index in [-0.39, 0.29) is 31.5 Å². The van der Waals surface area contributed by atoms with Crippen molar-refractivity contribution in [3.63, 3.8) is 0 Å². The molecule has 0 nitrogen and oxygen atoms in total. The molecule has 241 valence electrons. The van der Waals surface area contributed by atoms with Crippen LogP contribution in [0.25, 0.3) is 34.4 Å². The molecule has 2 aliphatic carbocycles. The van der Waals surface area contributed by atoms with Gasteiger partial charge in [-0.15, -0.1) is 0 Å². The van der Waals surface area contributed by atoms with Gasteiger partial charge >= 0.3 is 239 Å². The molecule has 0 heterocycles. The zero-order chi connectivity index (χ0) is 30.9. The van der Waals surface area contributed by atoms with Crippen LogP contribution in [0.15, 0.2) is 108 Å². The van der Waals surface area contributed by atoms with Crippen LogP contribution in [0.5, 0.6) is 0 Å². The molecule has 0 radical (unpaired) electrons. The van der Waals surface area contributed by atoms with Crippen molar-refractivity contribution in [1.29, 1.82) is 0 Å². The molecule has 4 aromatic rings. The van der Waals surface area contributed by atoms with Gasteiger partial charge < -0.3 is 24.8 Å². The van der Waals surface area contributed by atoms with Gasteiger partial charge in [0.25, 0.3) is 0 Å². The van der Waals surface area contributed by atoms with Crippen molar-refractivity contribution in [1.82, 2.24) is 0 Å². The fourth-order valence-electron chi connectivity index (χ4n) is 7.40. The largest absolute Gasteiger partial charge is 1.00 e. The fraction of sp³-hybridized carbons (Fsp3) is 0.333. The summed E-state index contributed by atoms with van der Waals surface area (Å²) in [5, 5.41) is 0. The summed E-state index contributed by atoms with van der Waals surface area (Å²) in [5.74, 6) is 0. The van der Waals surface area contributed by atoms with E-state index in [4.69, 9.17) is 0 Å². The molecule has 2 atom stereocenters. The van der Waals surface area contributed by atoms with Gasteiger partial charge in [-0.05, 0) is 0 Å². The van der Waals surface area contributed by atoms with Crippen LogP contribution < -0.4 is 24.8 Å². The Hall–Kier alpha value is -1.96. The average molecular weight is 746 g/mol. The number of benzene rings is 4. The Morgan fingerprint density at radius 1 is 0.522 bits per heavy atom. The monoisotopic (exact) mass is 743 g/mol. The van der Waals surface area contributed by atoms with Crippen LogP contribution in [-0.4, -0.2) is 6.65 Å². The molecular weight excluding hydrogens is 695 g/mol. The van der Waals surface area contributed by atoms with Gasteiger partial charge in [-0.2, -0.15) is 0 Å². The Morgan fingerprint density at radius 3 is 1.28 bits per heavy atom. The predicted octanol–water partition coefficient (Wildman–Crippen LogP) is 6.15. The second-order valence-corrected chi connectivity index (χ2v) is 28.1. The van der Waals surface area contributed by atoms with Gasteiger partial charge in [0, 0.05) is 0 Å². The van der Waals surface area contributed by atoms with Gasteiger partial charge in [0.05, 0.1) is 0 Å². The maximum atomic E-state index is 2.61. The van der Waals surface area contributed by atoms with Crippen LogP contribution in [0.3, 0.4) is 0 Å². The SMILES string of the molecule is CCCCCC.CC[SiH2][Zr+2]([CH]1C(CC)=Cc2c(-c3ccccc3)cccc21)[CH]1C(CC)=Cc2c(-c3ccccc3)cccc21.[Cl-].[Cl-]. The van der Waals surface area contributed by atoms with Gasteiger partial charge in [-0.1, -0.05) is 39.5 Å². The van der Waals surface area contributed by atoms with Crippen molar-refractivity contribution in [3.05, 3.63) is 130 Å². The van der Waals surface area contributed by atoms with Crippen LogP contribution in [0.1, 0.15) is 103 Å². The smallest absolute Gasteiger partial charge is 1.00 e. The Balaban J connectivity index is 0.000000660. The van der Waals surface area contributed by atoms with Gasteiger partial charge in [0.15, 0.2) is 0 Å². The van der Waals surface area contributed by atoms with Gasteiger partial charge in [0.1, 0.15) is 0 Å². The molecule has 4 heteroatoms. The van der Waals surface area contributed by atoms with E-state index in [1.54, 1.807) is 22.3 Å². The average Bonchev–Trinajstić information content (AvgIpc) is 3.65. The second kappa shape index (κ2) is 19.1. The van der Waals surface area contributed by atoms with Crippen LogP contribution in [0.4, 0.5) is 0 Å². The Bertz CT molecular complexity index is 1460.